The summed E-state index contributed by atoms with van der Waals surface area (Å²) in [5.74, 6) is -0.865. The third kappa shape index (κ3) is 4.70. The van der Waals surface area contributed by atoms with Crippen LogP contribution < -0.4 is 5.32 Å². The molecular weight excluding hydrogens is 395 g/mol. The van der Waals surface area contributed by atoms with Crippen molar-refractivity contribution in [1.29, 1.82) is 5.26 Å². The van der Waals surface area contributed by atoms with Gasteiger partial charge >= 0.3 is 6.18 Å². The van der Waals surface area contributed by atoms with Crippen molar-refractivity contribution in [1.82, 2.24) is 4.57 Å². The molecule has 0 aliphatic rings. The Morgan fingerprint density at radius 1 is 1.13 bits per heavy atom. The molecule has 0 bridgehead atoms. The molecule has 2 aromatic carbocycles. The number of aliphatic hydroxyl groups is 1. The first kappa shape index (κ1) is 21.1. The van der Waals surface area contributed by atoms with Crippen LogP contribution in [0.15, 0.2) is 67.0 Å². The quantitative estimate of drug-likeness (QED) is 0.649. The highest BCUT2D eigenvalue weighted by Gasteiger charge is 2.35. The number of hydrogen-bond donors (Lipinski definition) is 2. The molecule has 0 unspecified atom stereocenters. The van der Waals surface area contributed by atoms with Gasteiger partial charge in [-0.3, -0.25) is 4.79 Å². The molecule has 30 heavy (non-hydrogen) atoms. The van der Waals surface area contributed by atoms with Gasteiger partial charge in [0.2, 0.25) is 0 Å². The fourth-order valence-electron chi connectivity index (χ4n) is 2.99. The third-order valence-corrected chi connectivity index (χ3v) is 4.54. The lowest BCUT2D eigenvalue weighted by molar-refractivity contribution is -0.138. The predicted octanol–water partition coefficient (Wildman–Crippen LogP) is 4.44. The molecule has 1 atom stereocenters. The Bertz CT molecular complexity index is 1100. The molecule has 154 valence electrons. The second-order valence-electron chi connectivity index (χ2n) is 7.04. The maximum atomic E-state index is 13.1. The van der Waals surface area contributed by atoms with Crippen LogP contribution in [0.4, 0.5) is 18.9 Å². The van der Waals surface area contributed by atoms with E-state index >= 15 is 0 Å². The van der Waals surface area contributed by atoms with Gasteiger partial charge < -0.3 is 15.0 Å². The van der Waals surface area contributed by atoms with Crippen molar-refractivity contribution in [3.8, 4) is 17.2 Å². The number of nitrogens with one attached hydrogen (secondary N) is 1. The lowest BCUT2D eigenvalue weighted by atomic mass is 10.0. The van der Waals surface area contributed by atoms with E-state index in [0.29, 0.717) is 6.07 Å². The number of amides is 1. The number of hydrogen-bond acceptors (Lipinski definition) is 3. The van der Waals surface area contributed by atoms with Gasteiger partial charge in [-0.25, -0.2) is 0 Å². The molecule has 0 fully saturated rings. The zero-order chi connectivity index (χ0) is 21.9. The van der Waals surface area contributed by atoms with Gasteiger partial charge in [0, 0.05) is 18.1 Å². The van der Waals surface area contributed by atoms with Crippen LogP contribution in [0.5, 0.6) is 0 Å². The molecule has 3 rings (SSSR count). The molecule has 0 aliphatic heterocycles. The summed E-state index contributed by atoms with van der Waals surface area (Å²) >= 11 is 0. The SMILES string of the molecule is C[C@](O)(Cn1ccc(-c2ccccc2)c1)C(=O)Nc1ccc(C#N)c(C(F)(F)F)c1. The van der Waals surface area contributed by atoms with Gasteiger partial charge in [0.1, 0.15) is 0 Å². The highest BCUT2D eigenvalue weighted by atomic mass is 19.4. The number of nitrogens with zero attached hydrogens (tertiary/aromatic N) is 2. The van der Waals surface area contributed by atoms with E-state index in [2.05, 4.69) is 5.32 Å². The molecule has 2 N–H and O–H groups in total. The van der Waals surface area contributed by atoms with E-state index in [4.69, 9.17) is 5.26 Å². The van der Waals surface area contributed by atoms with E-state index in [0.717, 1.165) is 17.2 Å². The fourth-order valence-corrected chi connectivity index (χ4v) is 2.99. The molecule has 0 aliphatic carbocycles. The van der Waals surface area contributed by atoms with E-state index in [-0.39, 0.29) is 12.2 Å². The van der Waals surface area contributed by atoms with Crippen LogP contribution in [0.25, 0.3) is 11.1 Å². The Morgan fingerprint density at radius 3 is 2.47 bits per heavy atom. The molecule has 0 radical (unpaired) electrons. The number of anilines is 1. The van der Waals surface area contributed by atoms with Crippen LogP contribution in [-0.2, 0) is 17.5 Å². The van der Waals surface area contributed by atoms with E-state index in [1.54, 1.807) is 17.0 Å². The molecule has 3 aromatic rings. The first-order valence-electron chi connectivity index (χ1n) is 8.96. The smallest absolute Gasteiger partial charge is 0.378 e. The van der Waals surface area contributed by atoms with Gasteiger partial charge in [-0.1, -0.05) is 30.3 Å². The van der Waals surface area contributed by atoms with E-state index in [1.165, 1.54) is 19.1 Å². The first-order valence-corrected chi connectivity index (χ1v) is 8.96. The minimum atomic E-state index is -4.74. The molecular formula is C22H18F3N3O2. The van der Waals surface area contributed by atoms with E-state index < -0.39 is 28.8 Å². The minimum Gasteiger partial charge on any atom is -0.378 e. The van der Waals surface area contributed by atoms with Crippen molar-refractivity contribution < 1.29 is 23.1 Å². The Labute approximate surface area is 171 Å². The maximum Gasteiger partial charge on any atom is 0.417 e. The Balaban J connectivity index is 1.75. The number of carbonyl (C=O) groups is 1. The van der Waals surface area contributed by atoms with Crippen molar-refractivity contribution in [3.63, 3.8) is 0 Å². The van der Waals surface area contributed by atoms with Gasteiger partial charge in [-0.15, -0.1) is 0 Å². The molecule has 5 nitrogen and oxygen atoms in total. The van der Waals surface area contributed by atoms with Crippen LogP contribution in [0.3, 0.4) is 0 Å². The topological polar surface area (TPSA) is 78.1 Å². The predicted molar refractivity (Wildman–Crippen MR) is 105 cm³/mol. The summed E-state index contributed by atoms with van der Waals surface area (Å²) < 4.78 is 40.9. The number of rotatable bonds is 5. The van der Waals surface area contributed by atoms with Gasteiger partial charge in [0.25, 0.3) is 5.91 Å². The van der Waals surface area contributed by atoms with Crippen LogP contribution in [0, 0.1) is 11.3 Å². The van der Waals surface area contributed by atoms with Gasteiger partial charge in [-0.05, 0) is 42.3 Å². The highest BCUT2D eigenvalue weighted by molar-refractivity contribution is 5.96. The zero-order valence-electron chi connectivity index (χ0n) is 15.9. The molecule has 1 amide bonds. The second-order valence-corrected chi connectivity index (χ2v) is 7.04. The normalized spacial score (nSPS) is 13.3. The van der Waals surface area contributed by atoms with Crippen molar-refractivity contribution in [2.24, 2.45) is 0 Å². The lowest BCUT2D eigenvalue weighted by Crippen LogP contribution is -2.43. The lowest BCUT2D eigenvalue weighted by Gasteiger charge is -2.23. The van der Waals surface area contributed by atoms with Crippen LogP contribution in [0.1, 0.15) is 18.1 Å². The molecule has 8 heteroatoms. The first-order chi connectivity index (χ1) is 14.1. The second kappa shape index (κ2) is 8.05. The summed E-state index contributed by atoms with van der Waals surface area (Å²) in [6, 6.07) is 15.7. The highest BCUT2D eigenvalue weighted by Crippen LogP contribution is 2.33. The summed E-state index contributed by atoms with van der Waals surface area (Å²) in [5.41, 5.74) is -1.89. The summed E-state index contributed by atoms with van der Waals surface area (Å²) in [6.45, 7) is 1.17. The number of aromatic nitrogens is 1. The average molecular weight is 413 g/mol. The zero-order valence-corrected chi connectivity index (χ0v) is 15.9. The minimum absolute atomic E-state index is 0.103. The van der Waals surface area contributed by atoms with Crippen molar-refractivity contribution in [2.45, 2.75) is 25.2 Å². The Kier molecular flexibility index (Phi) is 5.67. The van der Waals surface area contributed by atoms with Gasteiger partial charge in [-0.2, -0.15) is 18.4 Å². The van der Waals surface area contributed by atoms with Crippen molar-refractivity contribution in [3.05, 3.63) is 78.1 Å². The molecule has 0 saturated carbocycles. The number of benzene rings is 2. The Hall–Kier alpha value is -3.57. The summed E-state index contributed by atoms with van der Waals surface area (Å²) in [6.07, 6.45) is -1.28. The third-order valence-electron chi connectivity index (χ3n) is 4.54. The standard InChI is InChI=1S/C22H18F3N3O2/c1-21(30,14-28-10-9-17(13-28)15-5-3-2-4-6-15)20(29)27-18-8-7-16(12-26)19(11-18)22(23,24)25/h2-11,13,30H,14H2,1H3,(H,27,29)/t21-/m0/s1. The van der Waals surface area contributed by atoms with Crippen LogP contribution in [0.2, 0.25) is 0 Å². The number of nitriles is 1. The van der Waals surface area contributed by atoms with Crippen molar-refractivity contribution in [2.75, 3.05) is 5.32 Å². The maximum absolute atomic E-state index is 13.1. The van der Waals surface area contributed by atoms with E-state index in [9.17, 15) is 23.1 Å². The number of carbonyl (C=O) groups excluding carboxylic acids is 1. The van der Waals surface area contributed by atoms with Gasteiger partial charge in [0.15, 0.2) is 5.60 Å². The van der Waals surface area contributed by atoms with Crippen LogP contribution in [-0.4, -0.2) is 21.2 Å². The van der Waals surface area contributed by atoms with Crippen molar-refractivity contribution >= 4 is 11.6 Å². The fraction of sp³-hybridized carbons (Fsp3) is 0.182. The van der Waals surface area contributed by atoms with Gasteiger partial charge in [0.05, 0.1) is 23.7 Å². The number of alkyl halides is 3. The summed E-state index contributed by atoms with van der Waals surface area (Å²) in [5, 5.41) is 21.7. The number of halogens is 3. The molecule has 1 aromatic heterocycles. The molecule has 0 saturated heterocycles. The monoisotopic (exact) mass is 413 g/mol. The average Bonchev–Trinajstić information content (AvgIpc) is 3.15. The van der Waals surface area contributed by atoms with E-state index in [1.807, 2.05) is 36.4 Å². The Morgan fingerprint density at radius 2 is 1.83 bits per heavy atom. The largest absolute Gasteiger partial charge is 0.417 e. The molecule has 1 heterocycles. The summed E-state index contributed by atoms with van der Waals surface area (Å²) in [7, 11) is 0. The molecule has 0 spiro atoms. The summed E-state index contributed by atoms with van der Waals surface area (Å²) in [4.78, 5) is 12.5. The van der Waals surface area contributed by atoms with Crippen LogP contribution >= 0.6 is 0 Å².